The Hall–Kier alpha value is -0.910. The molecule has 0 saturated carbocycles. The maximum absolute atomic E-state index is 12.0. The van der Waals surface area contributed by atoms with Gasteiger partial charge in [-0.05, 0) is 26.9 Å². The normalized spacial score (nSPS) is 26.8. The Labute approximate surface area is 128 Å². The molecule has 5 nitrogen and oxygen atoms in total. The molecule has 0 aromatic heterocycles. The molecule has 0 aliphatic carbocycles. The Kier molecular flexibility index (Phi) is 7.35. The predicted molar refractivity (Wildman–Crippen MR) is 84.0 cm³/mol. The van der Waals surface area contributed by atoms with Crippen molar-refractivity contribution in [1.82, 2.24) is 9.80 Å². The number of carbonyl (C=O) groups excluding carboxylic acids is 1. The third kappa shape index (κ3) is 5.77. The lowest BCUT2D eigenvalue weighted by Crippen LogP contribution is -2.56. The lowest BCUT2D eigenvalue weighted by molar-refractivity contribution is -0.146. The molecule has 2 atom stereocenters. The highest BCUT2D eigenvalue weighted by Crippen LogP contribution is 2.28. The first-order valence-electron chi connectivity index (χ1n) is 7.89. The van der Waals surface area contributed by atoms with Gasteiger partial charge in [-0.3, -0.25) is 4.79 Å². The number of piperidine rings is 1. The van der Waals surface area contributed by atoms with Crippen LogP contribution in [-0.4, -0.2) is 71.4 Å². The average Bonchev–Trinajstić information content (AvgIpc) is 2.42. The van der Waals surface area contributed by atoms with Crippen molar-refractivity contribution in [2.24, 2.45) is 0 Å². The van der Waals surface area contributed by atoms with Gasteiger partial charge in [-0.2, -0.15) is 0 Å². The second kappa shape index (κ2) is 8.51. The third-order valence-electron chi connectivity index (χ3n) is 4.08. The summed E-state index contributed by atoms with van der Waals surface area (Å²) in [7, 11) is 3.88. The van der Waals surface area contributed by atoms with Gasteiger partial charge in [-0.15, -0.1) is 0 Å². The van der Waals surface area contributed by atoms with Gasteiger partial charge in [0.15, 0.2) is 0 Å². The molecule has 0 radical (unpaired) electrons. The van der Waals surface area contributed by atoms with E-state index in [4.69, 9.17) is 0 Å². The molecule has 1 saturated heterocycles. The minimum atomic E-state index is -1.03. The number of aliphatic hydroxyl groups is 2. The maximum atomic E-state index is 12.0. The van der Waals surface area contributed by atoms with Gasteiger partial charge in [-0.25, -0.2) is 0 Å². The lowest BCUT2D eigenvalue weighted by Gasteiger charge is -2.42. The largest absolute Gasteiger partial charge is 0.388 e. The van der Waals surface area contributed by atoms with E-state index < -0.39 is 11.7 Å². The lowest BCUT2D eigenvalue weighted by atomic mass is 9.84. The van der Waals surface area contributed by atoms with E-state index in [2.05, 4.69) is 6.92 Å². The van der Waals surface area contributed by atoms with Crippen LogP contribution in [0.2, 0.25) is 0 Å². The summed E-state index contributed by atoms with van der Waals surface area (Å²) in [6.07, 6.45) is 6.64. The summed E-state index contributed by atoms with van der Waals surface area (Å²) in [4.78, 5) is 15.6. The third-order valence-corrected chi connectivity index (χ3v) is 4.08. The van der Waals surface area contributed by atoms with E-state index in [9.17, 15) is 15.0 Å². The summed E-state index contributed by atoms with van der Waals surface area (Å²) in [5, 5.41) is 20.7. The van der Waals surface area contributed by atoms with Gasteiger partial charge in [0.1, 0.15) is 6.10 Å². The smallest absolute Gasteiger partial charge is 0.246 e. The standard InChI is InChI=1S/C16H30N2O3/c1-4-5-6-9-16(21)10-12-18(13-14(16)19)15(20)8-7-11-17(2)3/h7-8,14,19,21H,4-6,9-13H2,1-3H3/t14-,16-/m0/s1. The van der Waals surface area contributed by atoms with E-state index in [1.165, 1.54) is 0 Å². The van der Waals surface area contributed by atoms with Gasteiger partial charge in [0, 0.05) is 25.7 Å². The van der Waals surface area contributed by atoms with Crippen LogP contribution in [0, 0.1) is 0 Å². The van der Waals surface area contributed by atoms with E-state index >= 15 is 0 Å². The van der Waals surface area contributed by atoms with Gasteiger partial charge in [-0.1, -0.05) is 32.3 Å². The van der Waals surface area contributed by atoms with Crippen LogP contribution in [0.1, 0.15) is 39.0 Å². The SMILES string of the molecule is CCCCC[C@]1(O)CCN(C(=O)C=CCN(C)C)C[C@@H]1O. The summed E-state index contributed by atoms with van der Waals surface area (Å²) >= 11 is 0. The number of aliphatic hydroxyl groups excluding tert-OH is 1. The van der Waals surface area contributed by atoms with Crippen LogP contribution in [0.3, 0.4) is 0 Å². The topological polar surface area (TPSA) is 64.0 Å². The molecule has 1 aliphatic rings. The van der Waals surface area contributed by atoms with Crippen LogP contribution in [0.25, 0.3) is 0 Å². The molecule has 0 aromatic carbocycles. The van der Waals surface area contributed by atoms with E-state index in [1.807, 2.05) is 25.1 Å². The fraction of sp³-hybridized carbons (Fsp3) is 0.812. The number of hydrogen-bond donors (Lipinski definition) is 2. The number of likely N-dealkylation sites (N-methyl/N-ethyl adjacent to an activating group) is 1. The quantitative estimate of drug-likeness (QED) is 0.544. The fourth-order valence-electron chi connectivity index (χ4n) is 2.61. The Morgan fingerprint density at radius 1 is 1.43 bits per heavy atom. The van der Waals surface area contributed by atoms with E-state index in [-0.39, 0.29) is 12.5 Å². The van der Waals surface area contributed by atoms with Gasteiger partial charge < -0.3 is 20.0 Å². The minimum absolute atomic E-state index is 0.0912. The summed E-state index contributed by atoms with van der Waals surface area (Å²) in [5.41, 5.74) is -1.03. The highest BCUT2D eigenvalue weighted by molar-refractivity contribution is 5.87. The first-order chi connectivity index (χ1) is 9.89. The molecular weight excluding hydrogens is 268 g/mol. The van der Waals surface area contributed by atoms with Crippen molar-refractivity contribution in [2.45, 2.75) is 50.7 Å². The van der Waals surface area contributed by atoms with Crippen molar-refractivity contribution in [1.29, 1.82) is 0 Å². The second-order valence-corrected chi connectivity index (χ2v) is 6.28. The Bertz CT molecular complexity index is 357. The molecule has 0 spiro atoms. The van der Waals surface area contributed by atoms with Crippen molar-refractivity contribution in [3.05, 3.63) is 12.2 Å². The zero-order chi connectivity index (χ0) is 15.9. The number of hydrogen-bond acceptors (Lipinski definition) is 4. The molecular formula is C16H30N2O3. The molecule has 1 heterocycles. The summed E-state index contributed by atoms with van der Waals surface area (Å²) < 4.78 is 0. The first-order valence-corrected chi connectivity index (χ1v) is 7.89. The van der Waals surface area contributed by atoms with Crippen LogP contribution in [0.15, 0.2) is 12.2 Å². The fourth-order valence-corrected chi connectivity index (χ4v) is 2.61. The van der Waals surface area contributed by atoms with Crippen molar-refractivity contribution in [3.8, 4) is 0 Å². The number of amides is 1. The van der Waals surface area contributed by atoms with E-state index in [0.717, 1.165) is 19.3 Å². The van der Waals surface area contributed by atoms with Crippen molar-refractivity contribution < 1.29 is 15.0 Å². The van der Waals surface area contributed by atoms with Gasteiger partial charge in [0.25, 0.3) is 0 Å². The van der Waals surface area contributed by atoms with E-state index in [0.29, 0.717) is 25.9 Å². The van der Waals surface area contributed by atoms with Gasteiger partial charge in [0.05, 0.1) is 5.60 Å². The number of β-amino-alcohol motifs (C(OH)–C–C–N with tert-alkyl or cyclic N) is 1. The van der Waals surface area contributed by atoms with Crippen molar-refractivity contribution in [2.75, 3.05) is 33.7 Å². The maximum Gasteiger partial charge on any atom is 0.246 e. The molecule has 1 aliphatic heterocycles. The van der Waals surface area contributed by atoms with Crippen LogP contribution in [0.5, 0.6) is 0 Å². The number of unbranched alkanes of at least 4 members (excludes halogenated alkanes) is 2. The first kappa shape index (κ1) is 18.1. The highest BCUT2D eigenvalue weighted by atomic mass is 16.3. The highest BCUT2D eigenvalue weighted by Gasteiger charge is 2.40. The molecule has 0 aromatic rings. The number of rotatable bonds is 7. The molecule has 2 N–H and O–H groups in total. The van der Waals surface area contributed by atoms with Crippen LogP contribution in [-0.2, 0) is 4.79 Å². The summed E-state index contributed by atoms with van der Waals surface area (Å²) in [5.74, 6) is -0.0912. The van der Waals surface area contributed by atoms with Crippen LogP contribution in [0.4, 0.5) is 0 Å². The molecule has 1 fully saturated rings. The van der Waals surface area contributed by atoms with Crippen molar-refractivity contribution >= 4 is 5.91 Å². The molecule has 122 valence electrons. The second-order valence-electron chi connectivity index (χ2n) is 6.28. The molecule has 1 rings (SSSR count). The zero-order valence-corrected chi connectivity index (χ0v) is 13.6. The Balaban J connectivity index is 2.47. The molecule has 5 heteroatoms. The van der Waals surface area contributed by atoms with Crippen LogP contribution >= 0.6 is 0 Å². The van der Waals surface area contributed by atoms with E-state index in [1.54, 1.807) is 11.0 Å². The number of nitrogens with zero attached hydrogens (tertiary/aromatic N) is 2. The Morgan fingerprint density at radius 2 is 2.14 bits per heavy atom. The average molecular weight is 298 g/mol. The molecule has 21 heavy (non-hydrogen) atoms. The molecule has 0 bridgehead atoms. The zero-order valence-electron chi connectivity index (χ0n) is 13.6. The summed E-state index contributed by atoms with van der Waals surface area (Å²) in [6.45, 7) is 3.55. The summed E-state index contributed by atoms with van der Waals surface area (Å²) in [6, 6.07) is 0. The molecule has 0 unspecified atom stereocenters. The monoisotopic (exact) mass is 298 g/mol. The molecule has 1 amide bonds. The van der Waals surface area contributed by atoms with Gasteiger partial charge >= 0.3 is 0 Å². The van der Waals surface area contributed by atoms with Crippen LogP contribution < -0.4 is 0 Å². The Morgan fingerprint density at radius 3 is 2.71 bits per heavy atom. The van der Waals surface area contributed by atoms with Gasteiger partial charge in [0.2, 0.25) is 5.91 Å². The predicted octanol–water partition coefficient (Wildman–Crippen LogP) is 1.01. The van der Waals surface area contributed by atoms with Crippen molar-refractivity contribution in [3.63, 3.8) is 0 Å². The number of carbonyl (C=O) groups is 1. The number of likely N-dealkylation sites (tertiary alicyclic amines) is 1. The minimum Gasteiger partial charge on any atom is -0.388 e.